The first-order valence-corrected chi connectivity index (χ1v) is 5.61. The Kier molecular flexibility index (Phi) is 3.93. The molecule has 1 amide bonds. The molecule has 104 valence electrons. The van der Waals surface area contributed by atoms with E-state index in [1.807, 2.05) is 0 Å². The molecule has 1 N–H and O–H groups in total. The molecule has 0 spiro atoms. The average Bonchev–Trinajstić information content (AvgIpc) is 2.43. The van der Waals surface area contributed by atoms with Gasteiger partial charge in [-0.15, -0.1) is 0 Å². The molecule has 2 aromatic rings. The number of nitrogens with one attached hydrogen (secondary N) is 1. The predicted molar refractivity (Wildman–Crippen MR) is 67.3 cm³/mol. The second-order valence-electron chi connectivity index (χ2n) is 3.93. The summed E-state index contributed by atoms with van der Waals surface area (Å²) in [6.07, 6.45) is 0. The molecular weight excluding hydrogens is 271 g/mol. The summed E-state index contributed by atoms with van der Waals surface area (Å²) in [6, 6.07) is 6.35. The van der Waals surface area contributed by atoms with Crippen LogP contribution in [0.3, 0.4) is 0 Å². The molecule has 2 aromatic carbocycles. The van der Waals surface area contributed by atoms with Crippen LogP contribution in [0.1, 0.15) is 10.4 Å². The molecule has 0 aliphatic rings. The number of amides is 1. The largest absolute Gasteiger partial charge is 0.496 e. The summed E-state index contributed by atoms with van der Waals surface area (Å²) < 4.78 is 43.9. The highest BCUT2D eigenvalue weighted by atomic mass is 19.2. The maximum Gasteiger partial charge on any atom is 0.259 e. The minimum absolute atomic E-state index is 0.0442. The fraction of sp³-hybridized carbons (Fsp3) is 0.0714. The number of anilines is 1. The van der Waals surface area contributed by atoms with E-state index in [4.69, 9.17) is 4.74 Å². The van der Waals surface area contributed by atoms with E-state index in [0.29, 0.717) is 0 Å². The van der Waals surface area contributed by atoms with E-state index in [1.165, 1.54) is 19.2 Å². The number of benzene rings is 2. The lowest BCUT2D eigenvalue weighted by molar-refractivity contribution is 0.102. The van der Waals surface area contributed by atoms with Crippen LogP contribution in [0.25, 0.3) is 0 Å². The first-order valence-electron chi connectivity index (χ1n) is 5.61. The fourth-order valence-corrected chi connectivity index (χ4v) is 1.63. The van der Waals surface area contributed by atoms with Gasteiger partial charge in [0.1, 0.15) is 11.6 Å². The van der Waals surface area contributed by atoms with Gasteiger partial charge in [0.25, 0.3) is 5.91 Å². The van der Waals surface area contributed by atoms with Crippen molar-refractivity contribution < 1.29 is 22.7 Å². The Morgan fingerprint density at radius 1 is 1.05 bits per heavy atom. The van der Waals surface area contributed by atoms with Gasteiger partial charge in [0, 0.05) is 11.8 Å². The van der Waals surface area contributed by atoms with Gasteiger partial charge >= 0.3 is 0 Å². The summed E-state index contributed by atoms with van der Waals surface area (Å²) >= 11 is 0. The highest BCUT2D eigenvalue weighted by Gasteiger charge is 2.14. The second-order valence-corrected chi connectivity index (χ2v) is 3.93. The molecule has 0 aromatic heterocycles. The molecule has 2 rings (SSSR count). The second kappa shape index (κ2) is 5.64. The Hall–Kier alpha value is -2.50. The van der Waals surface area contributed by atoms with E-state index in [0.717, 1.165) is 24.3 Å². The first kappa shape index (κ1) is 13.9. The zero-order valence-corrected chi connectivity index (χ0v) is 10.4. The van der Waals surface area contributed by atoms with Gasteiger partial charge in [0.05, 0.1) is 12.7 Å². The van der Waals surface area contributed by atoms with E-state index in [9.17, 15) is 18.0 Å². The molecule has 0 saturated carbocycles. The zero-order valence-electron chi connectivity index (χ0n) is 10.4. The predicted octanol–water partition coefficient (Wildman–Crippen LogP) is 3.36. The molecular formula is C14H10F3NO2. The topological polar surface area (TPSA) is 38.3 Å². The van der Waals surface area contributed by atoms with Crippen molar-refractivity contribution in [1.29, 1.82) is 0 Å². The van der Waals surface area contributed by atoms with Gasteiger partial charge in [-0.2, -0.15) is 0 Å². The molecule has 0 aliphatic heterocycles. The Bertz CT molecular complexity index is 659. The molecule has 0 aliphatic carbocycles. The van der Waals surface area contributed by atoms with Crippen LogP contribution in [0, 0.1) is 17.5 Å². The molecule has 0 fully saturated rings. The Balaban J connectivity index is 2.27. The standard InChI is InChI=1S/C14H10F3NO2/c1-20-13-5-2-8(15)6-10(13)14(19)18-9-3-4-11(16)12(17)7-9/h2-7H,1H3,(H,18,19). The molecule has 0 unspecified atom stereocenters. The smallest absolute Gasteiger partial charge is 0.259 e. The molecule has 0 saturated heterocycles. The van der Waals surface area contributed by atoms with Crippen LogP contribution >= 0.6 is 0 Å². The van der Waals surface area contributed by atoms with E-state index < -0.39 is 23.4 Å². The van der Waals surface area contributed by atoms with Crippen LogP contribution in [0.2, 0.25) is 0 Å². The summed E-state index contributed by atoms with van der Waals surface area (Å²) in [4.78, 5) is 12.0. The minimum atomic E-state index is -1.09. The molecule has 0 atom stereocenters. The highest BCUT2D eigenvalue weighted by molar-refractivity contribution is 6.06. The van der Waals surface area contributed by atoms with Crippen molar-refractivity contribution in [3.63, 3.8) is 0 Å². The maximum atomic E-state index is 13.2. The van der Waals surface area contributed by atoms with Gasteiger partial charge < -0.3 is 10.1 Å². The minimum Gasteiger partial charge on any atom is -0.496 e. The highest BCUT2D eigenvalue weighted by Crippen LogP contribution is 2.21. The van der Waals surface area contributed by atoms with E-state index in [1.54, 1.807) is 0 Å². The monoisotopic (exact) mass is 281 g/mol. The molecule has 0 radical (unpaired) electrons. The van der Waals surface area contributed by atoms with Gasteiger partial charge in [-0.05, 0) is 30.3 Å². The van der Waals surface area contributed by atoms with Crippen molar-refractivity contribution in [2.75, 3.05) is 12.4 Å². The van der Waals surface area contributed by atoms with Crippen molar-refractivity contribution >= 4 is 11.6 Å². The number of carbonyl (C=O) groups excluding carboxylic acids is 1. The third kappa shape index (κ3) is 2.90. The van der Waals surface area contributed by atoms with Gasteiger partial charge in [-0.25, -0.2) is 13.2 Å². The normalized spacial score (nSPS) is 10.2. The van der Waals surface area contributed by atoms with Crippen LogP contribution < -0.4 is 10.1 Å². The van der Waals surface area contributed by atoms with Crippen LogP contribution in [-0.4, -0.2) is 13.0 Å². The zero-order chi connectivity index (χ0) is 14.7. The number of hydrogen-bond acceptors (Lipinski definition) is 2. The first-order chi connectivity index (χ1) is 9.51. The van der Waals surface area contributed by atoms with E-state index >= 15 is 0 Å². The summed E-state index contributed by atoms with van der Waals surface area (Å²) in [5, 5.41) is 2.34. The Morgan fingerprint density at radius 2 is 1.80 bits per heavy atom. The lowest BCUT2D eigenvalue weighted by atomic mass is 10.1. The van der Waals surface area contributed by atoms with Crippen molar-refractivity contribution in [2.45, 2.75) is 0 Å². The third-order valence-electron chi connectivity index (χ3n) is 2.58. The van der Waals surface area contributed by atoms with Crippen LogP contribution in [0.5, 0.6) is 5.75 Å². The number of hydrogen-bond donors (Lipinski definition) is 1. The number of carbonyl (C=O) groups is 1. The fourth-order valence-electron chi connectivity index (χ4n) is 1.63. The number of ether oxygens (including phenoxy) is 1. The Morgan fingerprint density at radius 3 is 2.45 bits per heavy atom. The van der Waals surface area contributed by atoms with Crippen molar-refractivity contribution in [3.8, 4) is 5.75 Å². The van der Waals surface area contributed by atoms with Crippen LogP contribution in [0.4, 0.5) is 18.9 Å². The van der Waals surface area contributed by atoms with Crippen LogP contribution in [0.15, 0.2) is 36.4 Å². The molecule has 0 bridgehead atoms. The third-order valence-corrected chi connectivity index (χ3v) is 2.58. The van der Waals surface area contributed by atoms with Crippen LogP contribution in [-0.2, 0) is 0 Å². The van der Waals surface area contributed by atoms with Gasteiger partial charge in [0.2, 0.25) is 0 Å². The van der Waals surface area contributed by atoms with Crippen molar-refractivity contribution in [3.05, 3.63) is 59.4 Å². The molecule has 20 heavy (non-hydrogen) atoms. The average molecular weight is 281 g/mol. The lowest BCUT2D eigenvalue weighted by Gasteiger charge is -2.09. The van der Waals surface area contributed by atoms with Gasteiger partial charge in [0.15, 0.2) is 11.6 Å². The van der Waals surface area contributed by atoms with E-state index in [-0.39, 0.29) is 17.0 Å². The number of halogens is 3. The summed E-state index contributed by atoms with van der Waals surface area (Å²) in [6.45, 7) is 0. The summed E-state index contributed by atoms with van der Waals surface area (Å²) in [5.74, 6) is -3.24. The molecule has 3 nitrogen and oxygen atoms in total. The van der Waals surface area contributed by atoms with Gasteiger partial charge in [-0.1, -0.05) is 0 Å². The molecule has 0 heterocycles. The quantitative estimate of drug-likeness (QED) is 0.936. The number of methoxy groups -OCH3 is 1. The van der Waals surface area contributed by atoms with Crippen molar-refractivity contribution in [2.24, 2.45) is 0 Å². The summed E-state index contributed by atoms with van der Waals surface area (Å²) in [7, 11) is 1.33. The lowest BCUT2D eigenvalue weighted by Crippen LogP contribution is -2.13. The number of rotatable bonds is 3. The van der Waals surface area contributed by atoms with Crippen molar-refractivity contribution in [1.82, 2.24) is 0 Å². The summed E-state index contributed by atoms with van der Waals surface area (Å²) in [5.41, 5.74) is 0.0115. The van der Waals surface area contributed by atoms with E-state index in [2.05, 4.69) is 5.32 Å². The Labute approximate surface area is 113 Å². The maximum absolute atomic E-state index is 13.2. The SMILES string of the molecule is COc1ccc(F)cc1C(=O)Nc1ccc(F)c(F)c1. The van der Waals surface area contributed by atoms with Gasteiger partial charge in [-0.3, -0.25) is 4.79 Å². The molecule has 6 heteroatoms.